The minimum atomic E-state index is -1.94. The van der Waals surface area contributed by atoms with E-state index in [0.717, 1.165) is 0 Å². The first-order valence-corrected chi connectivity index (χ1v) is 3.54. The summed E-state index contributed by atoms with van der Waals surface area (Å²) < 4.78 is 26.2. The highest BCUT2D eigenvalue weighted by Crippen LogP contribution is 2.27. The molecule has 0 radical (unpaired) electrons. The van der Waals surface area contributed by atoms with E-state index in [0.29, 0.717) is 0 Å². The largest absolute Gasteiger partial charge is 0.239 e. The third kappa shape index (κ3) is 2.45. The summed E-state index contributed by atoms with van der Waals surface area (Å²) in [5, 5.41) is 0. The predicted molar refractivity (Wildman–Crippen MR) is 44.0 cm³/mol. The summed E-state index contributed by atoms with van der Waals surface area (Å²) in [7, 11) is 0. The van der Waals surface area contributed by atoms with Crippen molar-refractivity contribution >= 4 is 0 Å². The standard InChI is InChI=1S/C9H14F2/c1-5-6-8(10)9(4,11)7(2)3/h5-6,8H,2H2,1,3-4H3. The molecule has 0 rings (SSSR count). The van der Waals surface area contributed by atoms with E-state index in [1.54, 1.807) is 6.92 Å². The molecule has 0 fully saturated rings. The average Bonchev–Trinajstić information content (AvgIpc) is 1.88. The molecule has 2 unspecified atom stereocenters. The number of halogens is 2. The van der Waals surface area contributed by atoms with Crippen LogP contribution >= 0.6 is 0 Å². The van der Waals surface area contributed by atoms with Crippen LogP contribution in [0.3, 0.4) is 0 Å². The fourth-order valence-corrected chi connectivity index (χ4v) is 0.585. The lowest BCUT2D eigenvalue weighted by Crippen LogP contribution is -2.30. The van der Waals surface area contributed by atoms with Crippen LogP contribution in [0.4, 0.5) is 8.78 Å². The van der Waals surface area contributed by atoms with Gasteiger partial charge in [-0.2, -0.15) is 0 Å². The maximum Gasteiger partial charge on any atom is 0.163 e. The second-order valence-corrected chi connectivity index (χ2v) is 2.78. The highest BCUT2D eigenvalue weighted by atomic mass is 19.2. The van der Waals surface area contributed by atoms with Crippen LogP contribution in [0, 0.1) is 0 Å². The molecule has 64 valence electrons. The van der Waals surface area contributed by atoms with Gasteiger partial charge >= 0.3 is 0 Å². The summed E-state index contributed by atoms with van der Waals surface area (Å²) in [6.07, 6.45) is 1.09. The van der Waals surface area contributed by atoms with Gasteiger partial charge in [-0.3, -0.25) is 0 Å². The molecule has 0 aromatic carbocycles. The summed E-state index contributed by atoms with van der Waals surface area (Å²) in [5.74, 6) is 0. The molecular weight excluding hydrogens is 146 g/mol. The van der Waals surface area contributed by atoms with E-state index in [9.17, 15) is 8.78 Å². The molecule has 0 heterocycles. The fraction of sp³-hybridized carbons (Fsp3) is 0.556. The van der Waals surface area contributed by atoms with Crippen molar-refractivity contribution in [3.05, 3.63) is 24.3 Å². The van der Waals surface area contributed by atoms with Gasteiger partial charge in [0.2, 0.25) is 0 Å². The Bertz CT molecular complexity index is 168. The SMILES string of the molecule is C=C(C)C(C)(F)C(F)C=CC. The molecular formula is C9H14F2. The Kier molecular flexibility index (Phi) is 3.43. The van der Waals surface area contributed by atoms with Crippen LogP contribution in [-0.4, -0.2) is 11.8 Å². The van der Waals surface area contributed by atoms with Crippen LogP contribution in [0.2, 0.25) is 0 Å². The van der Waals surface area contributed by atoms with Crippen molar-refractivity contribution in [1.29, 1.82) is 0 Å². The maximum absolute atomic E-state index is 13.3. The van der Waals surface area contributed by atoms with Gasteiger partial charge in [-0.15, -0.1) is 0 Å². The van der Waals surface area contributed by atoms with Crippen LogP contribution in [0.15, 0.2) is 24.3 Å². The lowest BCUT2D eigenvalue weighted by molar-refractivity contribution is 0.134. The van der Waals surface area contributed by atoms with E-state index in [4.69, 9.17) is 0 Å². The van der Waals surface area contributed by atoms with E-state index < -0.39 is 11.8 Å². The molecule has 0 spiro atoms. The highest BCUT2D eigenvalue weighted by molar-refractivity contribution is 5.15. The quantitative estimate of drug-likeness (QED) is 0.556. The normalized spacial score (nSPS) is 19.7. The third-order valence-electron chi connectivity index (χ3n) is 1.71. The molecule has 0 aliphatic heterocycles. The molecule has 11 heavy (non-hydrogen) atoms. The monoisotopic (exact) mass is 160 g/mol. The summed E-state index contributed by atoms with van der Waals surface area (Å²) in [6.45, 7) is 7.71. The van der Waals surface area contributed by atoms with Gasteiger partial charge in [0, 0.05) is 0 Å². The van der Waals surface area contributed by atoms with E-state index in [-0.39, 0.29) is 5.57 Å². The van der Waals surface area contributed by atoms with Gasteiger partial charge in [-0.05, 0) is 26.3 Å². The van der Waals surface area contributed by atoms with Crippen molar-refractivity contribution in [2.24, 2.45) is 0 Å². The number of hydrogen-bond acceptors (Lipinski definition) is 0. The number of hydrogen-bond donors (Lipinski definition) is 0. The molecule has 0 nitrogen and oxygen atoms in total. The Morgan fingerprint density at radius 1 is 1.64 bits per heavy atom. The molecule has 0 aliphatic rings. The minimum absolute atomic E-state index is 0.211. The lowest BCUT2D eigenvalue weighted by Gasteiger charge is -2.22. The molecule has 0 saturated heterocycles. The first kappa shape index (κ1) is 10.3. The zero-order valence-corrected chi connectivity index (χ0v) is 7.20. The van der Waals surface area contributed by atoms with Crippen LogP contribution in [0.25, 0.3) is 0 Å². The first-order chi connectivity index (χ1) is 4.92. The van der Waals surface area contributed by atoms with E-state index in [1.807, 2.05) is 0 Å². The van der Waals surface area contributed by atoms with E-state index in [1.165, 1.54) is 26.0 Å². The molecule has 2 atom stereocenters. The number of rotatable bonds is 3. The van der Waals surface area contributed by atoms with Gasteiger partial charge in [0.25, 0.3) is 0 Å². The lowest BCUT2D eigenvalue weighted by atomic mass is 9.95. The van der Waals surface area contributed by atoms with Gasteiger partial charge in [-0.25, -0.2) is 8.78 Å². The van der Waals surface area contributed by atoms with Gasteiger partial charge in [0.15, 0.2) is 11.8 Å². The third-order valence-corrected chi connectivity index (χ3v) is 1.71. The second kappa shape index (κ2) is 3.65. The van der Waals surface area contributed by atoms with Crippen LogP contribution in [0.1, 0.15) is 20.8 Å². The molecule has 0 saturated carbocycles. The molecule has 0 aromatic rings. The number of allylic oxidation sites excluding steroid dienone is 3. The topological polar surface area (TPSA) is 0 Å². The van der Waals surface area contributed by atoms with Crippen LogP contribution in [0.5, 0.6) is 0 Å². The van der Waals surface area contributed by atoms with Crippen molar-refractivity contribution in [2.45, 2.75) is 32.6 Å². The zero-order valence-electron chi connectivity index (χ0n) is 7.20. The second-order valence-electron chi connectivity index (χ2n) is 2.78. The van der Waals surface area contributed by atoms with Crippen molar-refractivity contribution in [1.82, 2.24) is 0 Å². The summed E-state index contributed by atoms with van der Waals surface area (Å²) in [5.41, 5.74) is -1.73. The molecule has 0 aromatic heterocycles. The van der Waals surface area contributed by atoms with Gasteiger partial charge in [-0.1, -0.05) is 18.7 Å². The average molecular weight is 160 g/mol. The Morgan fingerprint density at radius 3 is 2.36 bits per heavy atom. The minimum Gasteiger partial charge on any atom is -0.239 e. The molecule has 0 N–H and O–H groups in total. The van der Waals surface area contributed by atoms with E-state index >= 15 is 0 Å². The summed E-state index contributed by atoms with van der Waals surface area (Å²) in [4.78, 5) is 0. The van der Waals surface area contributed by atoms with Crippen LogP contribution < -0.4 is 0 Å². The zero-order chi connectivity index (χ0) is 9.07. The Balaban J connectivity index is 4.41. The first-order valence-electron chi connectivity index (χ1n) is 3.54. The Morgan fingerprint density at radius 2 is 2.09 bits per heavy atom. The van der Waals surface area contributed by atoms with E-state index in [2.05, 4.69) is 6.58 Å². The fourth-order valence-electron chi connectivity index (χ4n) is 0.585. The van der Waals surface area contributed by atoms with Crippen molar-refractivity contribution in [3.63, 3.8) is 0 Å². The van der Waals surface area contributed by atoms with Crippen molar-refractivity contribution in [2.75, 3.05) is 0 Å². The predicted octanol–water partition coefficient (Wildman–Crippen LogP) is 3.20. The highest BCUT2D eigenvalue weighted by Gasteiger charge is 2.33. The van der Waals surface area contributed by atoms with Gasteiger partial charge in [0.1, 0.15) is 0 Å². The molecule has 0 aliphatic carbocycles. The van der Waals surface area contributed by atoms with Gasteiger partial charge in [0.05, 0.1) is 0 Å². The molecule has 2 heteroatoms. The molecule has 0 bridgehead atoms. The summed E-state index contributed by atoms with van der Waals surface area (Å²) >= 11 is 0. The van der Waals surface area contributed by atoms with Crippen LogP contribution in [-0.2, 0) is 0 Å². The van der Waals surface area contributed by atoms with Gasteiger partial charge < -0.3 is 0 Å². The Labute approximate surface area is 66.6 Å². The number of alkyl halides is 2. The summed E-state index contributed by atoms with van der Waals surface area (Å²) in [6, 6.07) is 0. The maximum atomic E-state index is 13.3. The Hall–Kier alpha value is -0.660. The van der Waals surface area contributed by atoms with Crippen molar-refractivity contribution < 1.29 is 8.78 Å². The smallest absolute Gasteiger partial charge is 0.163 e. The molecule has 0 amide bonds. The van der Waals surface area contributed by atoms with Crippen molar-refractivity contribution in [3.8, 4) is 0 Å².